The molecule has 2 amide bonds. The fourth-order valence-electron chi connectivity index (χ4n) is 2.99. The van der Waals surface area contributed by atoms with Gasteiger partial charge >= 0.3 is 0 Å². The van der Waals surface area contributed by atoms with Crippen LogP contribution in [0.1, 0.15) is 42.6 Å². The molecule has 1 aromatic heterocycles. The molecule has 1 saturated carbocycles. The van der Waals surface area contributed by atoms with Gasteiger partial charge in [-0.3, -0.25) is 25.0 Å². The summed E-state index contributed by atoms with van der Waals surface area (Å²) in [7, 11) is 0. The molecule has 0 unspecified atom stereocenters. The van der Waals surface area contributed by atoms with E-state index in [9.17, 15) is 14.0 Å². The van der Waals surface area contributed by atoms with Crippen molar-refractivity contribution < 1.29 is 14.0 Å². The van der Waals surface area contributed by atoms with Gasteiger partial charge in [-0.25, -0.2) is 9.37 Å². The van der Waals surface area contributed by atoms with Crippen molar-refractivity contribution in [3.8, 4) is 5.69 Å². The first kappa shape index (κ1) is 16.2. The van der Waals surface area contributed by atoms with E-state index in [-0.39, 0.29) is 17.4 Å². The SMILES string of the molecule is O=C(CC1CCCC1)NNC(=O)c1cncn1-c1ccc(F)cc1. The number of halogens is 1. The number of aromatic nitrogens is 2. The van der Waals surface area contributed by atoms with Gasteiger partial charge in [0.25, 0.3) is 5.91 Å². The number of hydrogen-bond acceptors (Lipinski definition) is 3. The van der Waals surface area contributed by atoms with Gasteiger partial charge in [0.2, 0.25) is 5.91 Å². The number of rotatable bonds is 4. The summed E-state index contributed by atoms with van der Waals surface area (Å²) in [5, 5.41) is 0. The molecule has 1 aliphatic rings. The van der Waals surface area contributed by atoms with E-state index in [0.29, 0.717) is 18.0 Å². The van der Waals surface area contributed by atoms with E-state index in [1.165, 1.54) is 42.1 Å². The number of amides is 2. The summed E-state index contributed by atoms with van der Waals surface area (Å²) in [6, 6.07) is 5.71. The smallest absolute Gasteiger partial charge is 0.288 e. The van der Waals surface area contributed by atoms with Gasteiger partial charge in [-0.2, -0.15) is 0 Å². The molecule has 1 fully saturated rings. The minimum Gasteiger partial charge on any atom is -0.295 e. The van der Waals surface area contributed by atoms with Crippen molar-refractivity contribution in [3.63, 3.8) is 0 Å². The van der Waals surface area contributed by atoms with Gasteiger partial charge in [0.15, 0.2) is 0 Å². The second-order valence-electron chi connectivity index (χ2n) is 5.98. The van der Waals surface area contributed by atoms with Crippen LogP contribution in [-0.4, -0.2) is 21.4 Å². The van der Waals surface area contributed by atoms with Crippen LogP contribution in [0.25, 0.3) is 5.69 Å². The highest BCUT2D eigenvalue weighted by Gasteiger charge is 2.19. The van der Waals surface area contributed by atoms with E-state index in [2.05, 4.69) is 15.8 Å². The molecule has 1 aromatic carbocycles. The van der Waals surface area contributed by atoms with Crippen LogP contribution in [0.5, 0.6) is 0 Å². The van der Waals surface area contributed by atoms with Crippen molar-refractivity contribution in [2.75, 3.05) is 0 Å². The van der Waals surface area contributed by atoms with Crippen molar-refractivity contribution in [3.05, 3.63) is 48.3 Å². The summed E-state index contributed by atoms with van der Waals surface area (Å²) in [6.45, 7) is 0. The summed E-state index contributed by atoms with van der Waals surface area (Å²) in [5.41, 5.74) is 5.71. The largest absolute Gasteiger partial charge is 0.295 e. The van der Waals surface area contributed by atoms with Crippen molar-refractivity contribution in [2.24, 2.45) is 5.92 Å². The lowest BCUT2D eigenvalue weighted by molar-refractivity contribution is -0.122. The first-order chi connectivity index (χ1) is 11.6. The van der Waals surface area contributed by atoms with Crippen molar-refractivity contribution >= 4 is 11.8 Å². The fraction of sp³-hybridized carbons (Fsp3) is 0.353. The molecule has 0 aliphatic heterocycles. The standard InChI is InChI=1S/C17H19FN4O2/c18-13-5-7-14(8-6-13)22-11-19-10-15(22)17(24)21-20-16(23)9-12-3-1-2-4-12/h5-8,10-12H,1-4,9H2,(H,20,23)(H,21,24). The van der Waals surface area contributed by atoms with Crippen molar-refractivity contribution in [1.82, 2.24) is 20.4 Å². The number of nitrogens with one attached hydrogen (secondary N) is 2. The predicted octanol–water partition coefficient (Wildman–Crippen LogP) is 2.35. The lowest BCUT2D eigenvalue weighted by Gasteiger charge is -2.11. The molecule has 126 valence electrons. The Hall–Kier alpha value is -2.70. The second-order valence-corrected chi connectivity index (χ2v) is 5.98. The van der Waals surface area contributed by atoms with Crippen LogP contribution in [0.3, 0.4) is 0 Å². The molecule has 7 heteroatoms. The minimum atomic E-state index is -0.475. The van der Waals surface area contributed by atoms with Gasteiger partial charge in [-0.05, 0) is 43.0 Å². The van der Waals surface area contributed by atoms with Gasteiger partial charge in [-0.15, -0.1) is 0 Å². The average molecular weight is 330 g/mol. The van der Waals surface area contributed by atoms with E-state index in [4.69, 9.17) is 0 Å². The van der Waals surface area contributed by atoms with Crippen LogP contribution >= 0.6 is 0 Å². The molecule has 0 spiro atoms. The van der Waals surface area contributed by atoms with Gasteiger partial charge in [0, 0.05) is 12.1 Å². The van der Waals surface area contributed by atoms with Gasteiger partial charge in [0.05, 0.1) is 12.5 Å². The molecule has 2 aromatic rings. The first-order valence-corrected chi connectivity index (χ1v) is 8.01. The number of hydrazine groups is 1. The summed E-state index contributed by atoms with van der Waals surface area (Å²) in [6.07, 6.45) is 7.75. The molecule has 6 nitrogen and oxygen atoms in total. The molecule has 0 bridgehead atoms. The second kappa shape index (κ2) is 7.25. The fourth-order valence-corrected chi connectivity index (χ4v) is 2.99. The quantitative estimate of drug-likeness (QED) is 0.845. The van der Waals surface area contributed by atoms with Gasteiger partial charge < -0.3 is 0 Å². The molecular weight excluding hydrogens is 311 g/mol. The van der Waals surface area contributed by atoms with Crippen LogP contribution in [0.15, 0.2) is 36.8 Å². The summed E-state index contributed by atoms with van der Waals surface area (Å²) < 4.78 is 14.5. The molecule has 1 aliphatic carbocycles. The van der Waals surface area contributed by atoms with Crippen LogP contribution < -0.4 is 10.9 Å². The van der Waals surface area contributed by atoms with E-state index >= 15 is 0 Å². The van der Waals surface area contributed by atoms with Crippen LogP contribution in [0.2, 0.25) is 0 Å². The molecule has 0 atom stereocenters. The first-order valence-electron chi connectivity index (χ1n) is 8.01. The Bertz CT molecular complexity index is 720. The minimum absolute atomic E-state index is 0.192. The normalized spacial score (nSPS) is 14.5. The van der Waals surface area contributed by atoms with E-state index in [1.807, 2.05) is 0 Å². The maximum absolute atomic E-state index is 13.0. The third-order valence-corrected chi connectivity index (χ3v) is 4.24. The molecule has 24 heavy (non-hydrogen) atoms. The summed E-state index contributed by atoms with van der Waals surface area (Å²) >= 11 is 0. The molecule has 1 heterocycles. The summed E-state index contributed by atoms with van der Waals surface area (Å²) in [4.78, 5) is 28.1. The van der Waals surface area contributed by atoms with Gasteiger partial charge in [-0.1, -0.05) is 12.8 Å². The van der Waals surface area contributed by atoms with Crippen LogP contribution in [0, 0.1) is 11.7 Å². The Morgan fingerprint density at radius 3 is 2.58 bits per heavy atom. The summed E-state index contributed by atoms with van der Waals surface area (Å²) in [5.74, 6) is -0.615. The monoisotopic (exact) mass is 330 g/mol. The number of benzene rings is 1. The topological polar surface area (TPSA) is 76.0 Å². The number of carbonyl (C=O) groups excluding carboxylic acids is 2. The lowest BCUT2D eigenvalue weighted by Crippen LogP contribution is -2.42. The number of carbonyl (C=O) groups is 2. The Morgan fingerprint density at radius 1 is 1.17 bits per heavy atom. The Balaban J connectivity index is 1.60. The maximum Gasteiger partial charge on any atom is 0.288 e. The van der Waals surface area contributed by atoms with E-state index < -0.39 is 5.91 Å². The zero-order chi connectivity index (χ0) is 16.9. The highest BCUT2D eigenvalue weighted by Crippen LogP contribution is 2.27. The number of imidazole rings is 1. The van der Waals surface area contributed by atoms with Crippen LogP contribution in [-0.2, 0) is 4.79 Å². The molecule has 0 saturated heterocycles. The zero-order valence-electron chi connectivity index (χ0n) is 13.2. The number of hydrogen-bond donors (Lipinski definition) is 2. The maximum atomic E-state index is 13.0. The van der Waals surface area contributed by atoms with Crippen LogP contribution in [0.4, 0.5) is 4.39 Å². The highest BCUT2D eigenvalue weighted by molar-refractivity contribution is 5.94. The molecule has 2 N–H and O–H groups in total. The Morgan fingerprint density at radius 2 is 1.88 bits per heavy atom. The third kappa shape index (κ3) is 3.79. The lowest BCUT2D eigenvalue weighted by atomic mass is 10.0. The predicted molar refractivity (Wildman–Crippen MR) is 85.7 cm³/mol. The molecular formula is C17H19FN4O2. The molecule has 0 radical (unpaired) electrons. The van der Waals surface area contributed by atoms with E-state index in [0.717, 1.165) is 12.8 Å². The van der Waals surface area contributed by atoms with Gasteiger partial charge in [0.1, 0.15) is 11.5 Å². The number of nitrogens with zero attached hydrogens (tertiary/aromatic N) is 2. The zero-order valence-corrected chi connectivity index (χ0v) is 13.2. The van der Waals surface area contributed by atoms with Crippen molar-refractivity contribution in [2.45, 2.75) is 32.1 Å². The molecule has 3 rings (SSSR count). The Labute approximate surface area is 139 Å². The van der Waals surface area contributed by atoms with E-state index in [1.54, 1.807) is 12.1 Å². The Kier molecular flexibility index (Phi) is 4.88. The third-order valence-electron chi connectivity index (χ3n) is 4.24. The highest BCUT2D eigenvalue weighted by atomic mass is 19.1. The van der Waals surface area contributed by atoms with Crippen molar-refractivity contribution in [1.29, 1.82) is 0 Å². The average Bonchev–Trinajstić information content (AvgIpc) is 3.25.